The van der Waals surface area contributed by atoms with Crippen molar-refractivity contribution in [2.75, 3.05) is 6.54 Å². The smallest absolute Gasteiger partial charge is 0.0794 e. The second-order valence-electron chi connectivity index (χ2n) is 2.25. The molecule has 0 saturated carbocycles. The first kappa shape index (κ1) is 7.69. The highest BCUT2D eigenvalue weighted by Crippen LogP contribution is 2.16. The van der Waals surface area contributed by atoms with E-state index in [0.29, 0.717) is 12.5 Å². The third kappa shape index (κ3) is 1.55. The molecule has 0 aliphatic heterocycles. The molecule has 0 saturated heterocycles. The zero-order chi connectivity index (χ0) is 7.40. The van der Waals surface area contributed by atoms with Gasteiger partial charge in [-0.2, -0.15) is 0 Å². The molecule has 0 spiro atoms. The molecular weight excluding hydrogens is 144 g/mol. The van der Waals surface area contributed by atoms with Crippen molar-refractivity contribution in [2.24, 2.45) is 5.73 Å². The van der Waals surface area contributed by atoms with Crippen molar-refractivity contribution in [3.05, 3.63) is 16.6 Å². The molecular formula is C7H12N2S. The van der Waals surface area contributed by atoms with Crippen LogP contribution in [0.2, 0.25) is 0 Å². The molecule has 0 amide bonds. The van der Waals surface area contributed by atoms with Gasteiger partial charge >= 0.3 is 0 Å². The van der Waals surface area contributed by atoms with Gasteiger partial charge in [-0.05, 0) is 6.42 Å². The highest BCUT2D eigenvalue weighted by molar-refractivity contribution is 7.07. The van der Waals surface area contributed by atoms with E-state index in [2.05, 4.69) is 17.3 Å². The van der Waals surface area contributed by atoms with Gasteiger partial charge in [0, 0.05) is 17.8 Å². The Hall–Kier alpha value is -0.410. The topological polar surface area (TPSA) is 38.9 Å². The third-order valence-corrected chi connectivity index (χ3v) is 2.25. The average molecular weight is 156 g/mol. The number of hydrogen-bond donors (Lipinski definition) is 1. The summed E-state index contributed by atoms with van der Waals surface area (Å²) in [5, 5.41) is 2.07. The molecule has 1 aromatic heterocycles. The fourth-order valence-electron chi connectivity index (χ4n) is 0.920. The van der Waals surface area contributed by atoms with E-state index in [9.17, 15) is 0 Å². The van der Waals surface area contributed by atoms with Gasteiger partial charge < -0.3 is 5.73 Å². The lowest BCUT2D eigenvalue weighted by Crippen LogP contribution is -2.11. The fourth-order valence-corrected chi connectivity index (χ4v) is 1.56. The van der Waals surface area contributed by atoms with Crippen LogP contribution in [0.15, 0.2) is 10.9 Å². The highest BCUT2D eigenvalue weighted by atomic mass is 32.1. The Kier molecular flexibility index (Phi) is 2.83. The molecule has 0 aliphatic carbocycles. The standard InChI is InChI=1S/C7H12N2S/c1-2-6(3-8)7-4-10-5-9-7/h4-6H,2-3,8H2,1H3. The molecule has 0 aromatic carbocycles. The summed E-state index contributed by atoms with van der Waals surface area (Å²) >= 11 is 1.63. The maximum Gasteiger partial charge on any atom is 0.0794 e. The lowest BCUT2D eigenvalue weighted by Gasteiger charge is -2.06. The summed E-state index contributed by atoms with van der Waals surface area (Å²) in [6.07, 6.45) is 1.08. The molecule has 1 unspecified atom stereocenters. The Morgan fingerprint density at radius 1 is 1.80 bits per heavy atom. The predicted molar refractivity (Wildman–Crippen MR) is 44.2 cm³/mol. The van der Waals surface area contributed by atoms with Crippen molar-refractivity contribution in [3.8, 4) is 0 Å². The summed E-state index contributed by atoms with van der Waals surface area (Å²) < 4.78 is 0. The quantitative estimate of drug-likeness (QED) is 0.722. The zero-order valence-corrected chi connectivity index (χ0v) is 6.90. The molecule has 2 N–H and O–H groups in total. The van der Waals surface area contributed by atoms with Crippen molar-refractivity contribution in [1.82, 2.24) is 4.98 Å². The van der Waals surface area contributed by atoms with E-state index in [0.717, 1.165) is 12.1 Å². The maximum absolute atomic E-state index is 5.54. The molecule has 56 valence electrons. The van der Waals surface area contributed by atoms with Crippen molar-refractivity contribution >= 4 is 11.3 Å². The largest absolute Gasteiger partial charge is 0.330 e. The van der Waals surface area contributed by atoms with E-state index in [4.69, 9.17) is 5.73 Å². The van der Waals surface area contributed by atoms with E-state index in [1.165, 1.54) is 0 Å². The third-order valence-electron chi connectivity index (χ3n) is 1.65. The summed E-state index contributed by atoms with van der Waals surface area (Å²) in [4.78, 5) is 4.20. The van der Waals surface area contributed by atoms with Gasteiger partial charge in [0.05, 0.1) is 11.2 Å². The van der Waals surface area contributed by atoms with E-state index in [1.807, 2.05) is 5.51 Å². The number of aromatic nitrogens is 1. The molecule has 0 bridgehead atoms. The van der Waals surface area contributed by atoms with E-state index < -0.39 is 0 Å². The van der Waals surface area contributed by atoms with Crippen LogP contribution in [0.4, 0.5) is 0 Å². The Labute approximate surface area is 65.1 Å². The first-order valence-corrected chi connectivity index (χ1v) is 4.41. The van der Waals surface area contributed by atoms with E-state index in [1.54, 1.807) is 11.3 Å². The number of nitrogens with two attached hydrogens (primary N) is 1. The zero-order valence-electron chi connectivity index (χ0n) is 6.08. The predicted octanol–water partition coefficient (Wildman–Crippen LogP) is 1.60. The Balaban J connectivity index is 2.64. The minimum atomic E-state index is 0.464. The van der Waals surface area contributed by atoms with E-state index >= 15 is 0 Å². The van der Waals surface area contributed by atoms with Crippen LogP contribution < -0.4 is 5.73 Å². The van der Waals surface area contributed by atoms with Gasteiger partial charge in [0.2, 0.25) is 0 Å². The number of nitrogens with zero attached hydrogens (tertiary/aromatic N) is 1. The molecule has 1 rings (SSSR count). The SMILES string of the molecule is CCC(CN)c1cscn1. The summed E-state index contributed by atoms with van der Waals surface area (Å²) in [5.74, 6) is 0.464. The summed E-state index contributed by atoms with van der Waals surface area (Å²) in [6.45, 7) is 2.84. The molecule has 0 radical (unpaired) electrons. The lowest BCUT2D eigenvalue weighted by molar-refractivity contribution is 0.658. The monoisotopic (exact) mass is 156 g/mol. The molecule has 3 heteroatoms. The summed E-state index contributed by atoms with van der Waals surface area (Å²) in [5.41, 5.74) is 8.54. The average Bonchev–Trinajstić information content (AvgIpc) is 2.43. The van der Waals surface area contributed by atoms with Crippen molar-refractivity contribution in [3.63, 3.8) is 0 Å². The Morgan fingerprint density at radius 2 is 2.60 bits per heavy atom. The van der Waals surface area contributed by atoms with Gasteiger partial charge in [-0.15, -0.1) is 11.3 Å². The molecule has 1 atom stereocenters. The summed E-state index contributed by atoms with van der Waals surface area (Å²) in [7, 11) is 0. The highest BCUT2D eigenvalue weighted by Gasteiger charge is 2.07. The van der Waals surface area contributed by atoms with Gasteiger partial charge in [-0.3, -0.25) is 0 Å². The minimum Gasteiger partial charge on any atom is -0.330 e. The van der Waals surface area contributed by atoms with Gasteiger partial charge in [0.1, 0.15) is 0 Å². The van der Waals surface area contributed by atoms with Crippen LogP contribution in [0.3, 0.4) is 0 Å². The van der Waals surface area contributed by atoms with Crippen LogP contribution in [0, 0.1) is 0 Å². The van der Waals surface area contributed by atoms with Crippen molar-refractivity contribution in [1.29, 1.82) is 0 Å². The Bertz CT molecular complexity index is 168. The molecule has 0 aliphatic rings. The normalized spacial score (nSPS) is 13.4. The van der Waals surface area contributed by atoms with Gasteiger partial charge in [0.25, 0.3) is 0 Å². The van der Waals surface area contributed by atoms with Crippen LogP contribution in [-0.2, 0) is 0 Å². The number of rotatable bonds is 3. The van der Waals surface area contributed by atoms with Crippen LogP contribution in [0.25, 0.3) is 0 Å². The Morgan fingerprint density at radius 3 is 3.00 bits per heavy atom. The second kappa shape index (κ2) is 3.68. The van der Waals surface area contributed by atoms with Crippen molar-refractivity contribution in [2.45, 2.75) is 19.3 Å². The van der Waals surface area contributed by atoms with Gasteiger partial charge in [0.15, 0.2) is 0 Å². The van der Waals surface area contributed by atoms with Crippen LogP contribution in [-0.4, -0.2) is 11.5 Å². The van der Waals surface area contributed by atoms with E-state index in [-0.39, 0.29) is 0 Å². The van der Waals surface area contributed by atoms with Gasteiger partial charge in [-0.1, -0.05) is 6.92 Å². The van der Waals surface area contributed by atoms with Crippen LogP contribution >= 0.6 is 11.3 Å². The molecule has 0 fully saturated rings. The fraction of sp³-hybridized carbons (Fsp3) is 0.571. The molecule has 10 heavy (non-hydrogen) atoms. The van der Waals surface area contributed by atoms with Gasteiger partial charge in [-0.25, -0.2) is 4.98 Å². The first-order chi connectivity index (χ1) is 4.88. The number of thiazole rings is 1. The molecule has 2 nitrogen and oxygen atoms in total. The van der Waals surface area contributed by atoms with Crippen molar-refractivity contribution < 1.29 is 0 Å². The minimum absolute atomic E-state index is 0.464. The second-order valence-corrected chi connectivity index (χ2v) is 2.97. The number of hydrogen-bond acceptors (Lipinski definition) is 3. The lowest BCUT2D eigenvalue weighted by atomic mass is 10.0. The molecule has 1 aromatic rings. The summed E-state index contributed by atoms with van der Waals surface area (Å²) in [6, 6.07) is 0. The van der Waals surface area contributed by atoms with Crippen LogP contribution in [0.5, 0.6) is 0 Å². The van der Waals surface area contributed by atoms with Crippen LogP contribution in [0.1, 0.15) is 25.0 Å². The molecule has 1 heterocycles. The first-order valence-electron chi connectivity index (χ1n) is 3.46. The maximum atomic E-state index is 5.54.